The van der Waals surface area contributed by atoms with Gasteiger partial charge >= 0.3 is 6.18 Å². The summed E-state index contributed by atoms with van der Waals surface area (Å²) < 4.78 is 38.5. The van der Waals surface area contributed by atoms with E-state index in [0.717, 1.165) is 23.5 Å². The number of halogens is 3. The molecule has 1 heterocycles. The summed E-state index contributed by atoms with van der Waals surface area (Å²) in [5, 5.41) is 6.18. The molecule has 0 radical (unpaired) electrons. The summed E-state index contributed by atoms with van der Waals surface area (Å²) >= 11 is 1.34. The molecular weight excluding hydrogens is 287 g/mol. The van der Waals surface area contributed by atoms with Crippen LogP contribution in [0.1, 0.15) is 22.4 Å². The molecule has 0 aliphatic heterocycles. The van der Waals surface area contributed by atoms with Crippen molar-refractivity contribution in [2.24, 2.45) is 5.10 Å². The molecule has 0 fully saturated rings. The number of nitrogens with one attached hydrogen (secondary N) is 1. The van der Waals surface area contributed by atoms with Crippen LogP contribution < -0.4 is 5.43 Å². The summed E-state index contributed by atoms with van der Waals surface area (Å²) in [6, 6.07) is 3.93. The molecule has 0 saturated carbocycles. The van der Waals surface area contributed by atoms with Gasteiger partial charge in [-0.2, -0.15) is 18.3 Å². The van der Waals surface area contributed by atoms with Gasteiger partial charge in [0.2, 0.25) is 5.13 Å². The van der Waals surface area contributed by atoms with Crippen molar-refractivity contribution in [3.8, 4) is 0 Å². The first kappa shape index (κ1) is 14.5. The molecular formula is C13H12F3N3S. The van der Waals surface area contributed by atoms with E-state index in [4.69, 9.17) is 0 Å². The van der Waals surface area contributed by atoms with E-state index in [9.17, 15) is 13.2 Å². The summed E-state index contributed by atoms with van der Waals surface area (Å²) in [5.41, 5.74) is 3.52. The highest BCUT2D eigenvalue weighted by Gasteiger charge is 2.32. The number of hydrogen-bond donors (Lipinski definition) is 1. The van der Waals surface area contributed by atoms with Crippen molar-refractivity contribution in [3.05, 3.63) is 46.0 Å². The van der Waals surface area contributed by atoms with E-state index in [2.05, 4.69) is 15.5 Å². The fourth-order valence-electron chi connectivity index (χ4n) is 1.61. The van der Waals surface area contributed by atoms with Gasteiger partial charge in [0.15, 0.2) is 0 Å². The lowest BCUT2D eigenvalue weighted by molar-refractivity contribution is -0.137. The van der Waals surface area contributed by atoms with Gasteiger partial charge in [-0.05, 0) is 26.0 Å². The Bertz CT molecular complexity index is 632. The van der Waals surface area contributed by atoms with Crippen molar-refractivity contribution in [1.29, 1.82) is 0 Å². The summed E-state index contributed by atoms with van der Waals surface area (Å²) in [6.45, 7) is 3.56. The van der Waals surface area contributed by atoms with Crippen LogP contribution in [0.3, 0.4) is 0 Å². The Morgan fingerprint density at radius 1 is 1.30 bits per heavy atom. The molecule has 0 atom stereocenters. The van der Waals surface area contributed by atoms with Crippen LogP contribution in [-0.2, 0) is 6.18 Å². The average Bonchev–Trinajstić information content (AvgIpc) is 2.73. The molecule has 0 spiro atoms. The third-order valence-corrected chi connectivity index (χ3v) is 3.36. The van der Waals surface area contributed by atoms with E-state index in [-0.39, 0.29) is 5.56 Å². The number of aromatic nitrogens is 1. The lowest BCUT2D eigenvalue weighted by atomic mass is 10.1. The quantitative estimate of drug-likeness (QED) is 0.680. The van der Waals surface area contributed by atoms with Gasteiger partial charge in [-0.15, -0.1) is 11.3 Å². The van der Waals surface area contributed by atoms with Crippen LogP contribution in [-0.4, -0.2) is 11.2 Å². The highest BCUT2D eigenvalue weighted by atomic mass is 32.1. The van der Waals surface area contributed by atoms with Gasteiger partial charge in [0, 0.05) is 10.9 Å². The standard InChI is InChI=1S/C13H12F3N3S/c1-8-3-4-11(13(14,15)16)10(5-8)6-17-19-12-18-9(2)7-20-12/h3-7H,1-2H3,(H,18,19). The number of benzene rings is 1. The zero-order valence-corrected chi connectivity index (χ0v) is 11.6. The Balaban J connectivity index is 2.21. The van der Waals surface area contributed by atoms with E-state index < -0.39 is 11.7 Å². The lowest BCUT2D eigenvalue weighted by Crippen LogP contribution is -2.09. The molecule has 0 saturated heterocycles. The van der Waals surface area contributed by atoms with Gasteiger partial charge in [-0.3, -0.25) is 5.43 Å². The van der Waals surface area contributed by atoms with Crippen LogP contribution in [0.15, 0.2) is 28.7 Å². The number of alkyl halides is 3. The van der Waals surface area contributed by atoms with Gasteiger partial charge in [-0.25, -0.2) is 4.98 Å². The first-order valence-electron chi connectivity index (χ1n) is 5.75. The van der Waals surface area contributed by atoms with Crippen LogP contribution in [0.2, 0.25) is 0 Å². The molecule has 0 bridgehead atoms. The number of thiazole rings is 1. The molecule has 0 unspecified atom stereocenters. The highest BCUT2D eigenvalue weighted by Crippen LogP contribution is 2.31. The minimum absolute atomic E-state index is 0.0262. The number of hydrazone groups is 1. The molecule has 1 aromatic heterocycles. The highest BCUT2D eigenvalue weighted by molar-refractivity contribution is 7.13. The minimum Gasteiger partial charge on any atom is -0.253 e. The van der Waals surface area contributed by atoms with Crippen molar-refractivity contribution in [2.75, 3.05) is 5.43 Å². The Kier molecular flexibility index (Phi) is 4.08. The second-order valence-electron chi connectivity index (χ2n) is 4.25. The minimum atomic E-state index is -4.40. The molecule has 1 N–H and O–H groups in total. The Morgan fingerprint density at radius 3 is 2.65 bits per heavy atom. The maximum Gasteiger partial charge on any atom is 0.417 e. The van der Waals surface area contributed by atoms with Crippen molar-refractivity contribution >= 4 is 22.7 Å². The van der Waals surface area contributed by atoms with E-state index in [1.807, 2.05) is 12.3 Å². The van der Waals surface area contributed by atoms with Gasteiger partial charge < -0.3 is 0 Å². The second-order valence-corrected chi connectivity index (χ2v) is 5.11. The zero-order chi connectivity index (χ0) is 14.8. The Labute approximate surface area is 118 Å². The third kappa shape index (κ3) is 3.57. The molecule has 7 heteroatoms. The summed E-state index contributed by atoms with van der Waals surface area (Å²) in [4.78, 5) is 4.10. The smallest absolute Gasteiger partial charge is 0.253 e. The number of aryl methyl sites for hydroxylation is 2. The number of nitrogens with zero attached hydrogens (tertiary/aromatic N) is 2. The molecule has 106 valence electrons. The Morgan fingerprint density at radius 2 is 2.05 bits per heavy atom. The maximum atomic E-state index is 12.8. The Hall–Kier alpha value is -1.89. The second kappa shape index (κ2) is 5.62. The molecule has 0 aliphatic carbocycles. The predicted octanol–water partition coefficient (Wildman–Crippen LogP) is 4.22. The van der Waals surface area contributed by atoms with Crippen molar-refractivity contribution < 1.29 is 13.2 Å². The van der Waals surface area contributed by atoms with Crippen LogP contribution in [0, 0.1) is 13.8 Å². The predicted molar refractivity (Wildman–Crippen MR) is 74.2 cm³/mol. The van der Waals surface area contributed by atoms with E-state index >= 15 is 0 Å². The normalized spacial score (nSPS) is 12.1. The van der Waals surface area contributed by atoms with E-state index in [1.54, 1.807) is 6.92 Å². The summed E-state index contributed by atoms with van der Waals surface area (Å²) in [7, 11) is 0. The number of anilines is 1. The van der Waals surface area contributed by atoms with Crippen LogP contribution >= 0.6 is 11.3 Å². The maximum absolute atomic E-state index is 12.8. The van der Waals surface area contributed by atoms with Crippen molar-refractivity contribution in [1.82, 2.24) is 4.98 Å². The van der Waals surface area contributed by atoms with E-state index in [0.29, 0.717) is 5.13 Å². The molecule has 3 nitrogen and oxygen atoms in total. The molecule has 1 aromatic carbocycles. The zero-order valence-electron chi connectivity index (χ0n) is 10.8. The van der Waals surface area contributed by atoms with Gasteiger partial charge in [0.25, 0.3) is 0 Å². The number of rotatable bonds is 3. The SMILES string of the molecule is Cc1ccc(C(F)(F)F)c(C=NNc2nc(C)cs2)c1. The molecule has 2 rings (SSSR count). The van der Waals surface area contributed by atoms with Crippen molar-refractivity contribution in [2.45, 2.75) is 20.0 Å². The number of hydrogen-bond acceptors (Lipinski definition) is 4. The van der Waals surface area contributed by atoms with Crippen molar-refractivity contribution in [3.63, 3.8) is 0 Å². The fourth-order valence-corrected chi connectivity index (χ4v) is 2.25. The van der Waals surface area contributed by atoms with Gasteiger partial charge in [-0.1, -0.05) is 11.6 Å². The summed E-state index contributed by atoms with van der Waals surface area (Å²) in [6.07, 6.45) is -3.24. The average molecular weight is 299 g/mol. The molecule has 2 aromatic rings. The monoisotopic (exact) mass is 299 g/mol. The van der Waals surface area contributed by atoms with E-state index in [1.165, 1.54) is 23.5 Å². The third-order valence-electron chi connectivity index (χ3n) is 2.50. The molecule has 0 aliphatic rings. The topological polar surface area (TPSA) is 37.3 Å². The van der Waals surface area contributed by atoms with Crippen LogP contribution in [0.25, 0.3) is 0 Å². The fraction of sp³-hybridized carbons (Fsp3) is 0.231. The van der Waals surface area contributed by atoms with Gasteiger partial charge in [0.05, 0.1) is 17.5 Å². The summed E-state index contributed by atoms with van der Waals surface area (Å²) in [5.74, 6) is 0. The first-order valence-corrected chi connectivity index (χ1v) is 6.63. The van der Waals surface area contributed by atoms with Gasteiger partial charge in [0.1, 0.15) is 0 Å². The van der Waals surface area contributed by atoms with Crippen LogP contribution in [0.4, 0.5) is 18.3 Å². The van der Waals surface area contributed by atoms with Crippen LogP contribution in [0.5, 0.6) is 0 Å². The molecule has 0 amide bonds. The molecule has 20 heavy (non-hydrogen) atoms. The lowest BCUT2D eigenvalue weighted by Gasteiger charge is -2.10. The first-order chi connectivity index (χ1) is 9.36. The largest absolute Gasteiger partial charge is 0.417 e.